The van der Waals surface area contributed by atoms with E-state index in [1.54, 1.807) is 0 Å². The predicted octanol–water partition coefficient (Wildman–Crippen LogP) is 1.00. The molecular formula is C12H15ClN4O2. The van der Waals surface area contributed by atoms with Crippen LogP contribution in [0, 0.1) is 0 Å². The topological polar surface area (TPSA) is 89.2 Å². The van der Waals surface area contributed by atoms with Crippen LogP contribution in [0.5, 0.6) is 0 Å². The van der Waals surface area contributed by atoms with Crippen LogP contribution in [-0.2, 0) is 4.79 Å². The number of hydrogen-bond acceptors (Lipinski definition) is 4. The maximum Gasteiger partial charge on any atom is 0.275 e. The Hall–Kier alpha value is -1.69. The molecule has 0 saturated heterocycles. The number of rotatable bonds is 4. The van der Waals surface area contributed by atoms with Gasteiger partial charge in [-0.25, -0.2) is 0 Å². The van der Waals surface area contributed by atoms with Gasteiger partial charge in [0.05, 0.1) is 6.54 Å². The summed E-state index contributed by atoms with van der Waals surface area (Å²) in [5, 5.41) is 7.61. The highest BCUT2D eigenvalue weighted by atomic mass is 35.5. The molecule has 1 heterocycles. The highest BCUT2D eigenvalue weighted by Gasteiger charge is 2.29. The van der Waals surface area contributed by atoms with Crippen molar-refractivity contribution in [2.24, 2.45) is 5.73 Å². The van der Waals surface area contributed by atoms with Gasteiger partial charge in [-0.05, 0) is 25.0 Å². The molecule has 19 heavy (non-hydrogen) atoms. The lowest BCUT2D eigenvalue weighted by molar-refractivity contribution is -0.119. The molecule has 1 saturated carbocycles. The fourth-order valence-electron chi connectivity index (χ4n) is 2.33. The number of amides is 2. The first-order chi connectivity index (χ1) is 9.08. The second-order valence-corrected chi connectivity index (χ2v) is 4.97. The molecule has 0 atom stereocenters. The van der Waals surface area contributed by atoms with E-state index in [1.165, 1.54) is 17.0 Å². The second-order valence-electron chi connectivity index (χ2n) is 4.58. The van der Waals surface area contributed by atoms with Crippen LogP contribution in [0.4, 0.5) is 0 Å². The summed E-state index contributed by atoms with van der Waals surface area (Å²) in [5.74, 6) is -0.850. The zero-order valence-corrected chi connectivity index (χ0v) is 11.1. The van der Waals surface area contributed by atoms with Crippen molar-refractivity contribution >= 4 is 23.4 Å². The lowest BCUT2D eigenvalue weighted by atomic mass is 10.2. The number of aromatic nitrogens is 2. The Morgan fingerprint density at radius 3 is 2.53 bits per heavy atom. The number of halogens is 1. The van der Waals surface area contributed by atoms with Crippen LogP contribution in [0.2, 0.25) is 5.15 Å². The number of hydrogen-bond donors (Lipinski definition) is 1. The van der Waals surface area contributed by atoms with Crippen molar-refractivity contribution in [3.05, 3.63) is 23.0 Å². The second kappa shape index (κ2) is 5.97. The van der Waals surface area contributed by atoms with Gasteiger partial charge in [0.2, 0.25) is 5.91 Å². The summed E-state index contributed by atoms with van der Waals surface area (Å²) >= 11 is 5.63. The number of carbonyl (C=O) groups is 2. The molecule has 1 fully saturated rings. The minimum atomic E-state index is -0.526. The molecule has 1 aliphatic rings. The smallest absolute Gasteiger partial charge is 0.275 e. The minimum Gasteiger partial charge on any atom is -0.368 e. The van der Waals surface area contributed by atoms with Gasteiger partial charge in [0, 0.05) is 6.04 Å². The molecule has 0 aliphatic heterocycles. The molecule has 102 valence electrons. The van der Waals surface area contributed by atoms with E-state index < -0.39 is 5.91 Å². The molecule has 1 aliphatic carbocycles. The van der Waals surface area contributed by atoms with Crippen molar-refractivity contribution in [2.75, 3.05) is 6.54 Å². The van der Waals surface area contributed by atoms with Crippen molar-refractivity contribution in [1.82, 2.24) is 15.1 Å². The zero-order chi connectivity index (χ0) is 13.8. The van der Waals surface area contributed by atoms with E-state index in [9.17, 15) is 9.59 Å². The molecule has 2 amide bonds. The van der Waals surface area contributed by atoms with Gasteiger partial charge in [0.1, 0.15) is 0 Å². The van der Waals surface area contributed by atoms with Gasteiger partial charge in [-0.3, -0.25) is 9.59 Å². The molecule has 0 unspecified atom stereocenters. The van der Waals surface area contributed by atoms with Crippen LogP contribution in [0.25, 0.3) is 0 Å². The third-order valence-electron chi connectivity index (χ3n) is 3.20. The maximum absolute atomic E-state index is 12.4. The van der Waals surface area contributed by atoms with Gasteiger partial charge < -0.3 is 10.6 Å². The van der Waals surface area contributed by atoms with Gasteiger partial charge in [0.15, 0.2) is 10.8 Å². The summed E-state index contributed by atoms with van der Waals surface area (Å²) in [6.07, 6.45) is 3.89. The van der Waals surface area contributed by atoms with Crippen LogP contribution in [0.15, 0.2) is 12.1 Å². The molecule has 0 aromatic carbocycles. The van der Waals surface area contributed by atoms with E-state index in [-0.39, 0.29) is 29.3 Å². The van der Waals surface area contributed by atoms with Crippen molar-refractivity contribution in [3.8, 4) is 0 Å². The Labute approximate surface area is 115 Å². The Bertz CT molecular complexity index is 471. The molecule has 1 aromatic heterocycles. The van der Waals surface area contributed by atoms with Crippen LogP contribution in [0.1, 0.15) is 36.2 Å². The predicted molar refractivity (Wildman–Crippen MR) is 69.5 cm³/mol. The Morgan fingerprint density at radius 1 is 1.32 bits per heavy atom. The standard InChI is InChI=1S/C12H15ClN4O2/c13-10-6-5-9(15-16-10)12(19)17(7-11(14)18)8-3-1-2-4-8/h5-6,8H,1-4,7H2,(H2,14,18). The molecule has 2 rings (SSSR count). The van der Waals surface area contributed by atoms with E-state index in [1.807, 2.05) is 0 Å². The number of nitrogens with zero attached hydrogens (tertiary/aromatic N) is 3. The Morgan fingerprint density at radius 2 is 2.00 bits per heavy atom. The van der Waals surface area contributed by atoms with E-state index in [2.05, 4.69) is 10.2 Å². The van der Waals surface area contributed by atoms with Crippen molar-refractivity contribution < 1.29 is 9.59 Å². The molecule has 6 nitrogen and oxygen atoms in total. The third kappa shape index (κ3) is 3.41. The van der Waals surface area contributed by atoms with E-state index in [4.69, 9.17) is 17.3 Å². The van der Waals surface area contributed by atoms with Crippen LogP contribution < -0.4 is 5.73 Å². The molecule has 1 aromatic rings. The van der Waals surface area contributed by atoms with Gasteiger partial charge in [0.25, 0.3) is 5.91 Å². The summed E-state index contributed by atoms with van der Waals surface area (Å²) in [6, 6.07) is 3.05. The molecule has 2 N–H and O–H groups in total. The average molecular weight is 283 g/mol. The highest BCUT2D eigenvalue weighted by Crippen LogP contribution is 2.24. The van der Waals surface area contributed by atoms with Gasteiger partial charge >= 0.3 is 0 Å². The summed E-state index contributed by atoms with van der Waals surface area (Å²) in [4.78, 5) is 25.0. The number of carbonyl (C=O) groups excluding carboxylic acids is 2. The van der Waals surface area contributed by atoms with Crippen molar-refractivity contribution in [1.29, 1.82) is 0 Å². The van der Waals surface area contributed by atoms with Crippen LogP contribution >= 0.6 is 11.6 Å². The van der Waals surface area contributed by atoms with Crippen molar-refractivity contribution in [3.63, 3.8) is 0 Å². The summed E-state index contributed by atoms with van der Waals surface area (Å²) in [6.45, 7) is -0.0895. The third-order valence-corrected chi connectivity index (χ3v) is 3.41. The number of nitrogens with two attached hydrogens (primary N) is 1. The molecular weight excluding hydrogens is 268 g/mol. The average Bonchev–Trinajstić information content (AvgIpc) is 2.89. The SMILES string of the molecule is NC(=O)CN(C(=O)c1ccc(Cl)nn1)C1CCCC1. The zero-order valence-electron chi connectivity index (χ0n) is 10.4. The van der Waals surface area contributed by atoms with E-state index >= 15 is 0 Å². The van der Waals surface area contributed by atoms with E-state index in [0.29, 0.717) is 0 Å². The Kier molecular flexibility index (Phi) is 4.31. The van der Waals surface area contributed by atoms with Gasteiger partial charge in [-0.2, -0.15) is 0 Å². The summed E-state index contributed by atoms with van der Waals surface area (Å²) < 4.78 is 0. The van der Waals surface area contributed by atoms with Crippen LogP contribution in [-0.4, -0.2) is 39.5 Å². The fraction of sp³-hybridized carbons (Fsp3) is 0.500. The van der Waals surface area contributed by atoms with E-state index in [0.717, 1.165) is 25.7 Å². The lowest BCUT2D eigenvalue weighted by Crippen LogP contribution is -2.44. The lowest BCUT2D eigenvalue weighted by Gasteiger charge is -2.27. The number of primary amides is 1. The van der Waals surface area contributed by atoms with Gasteiger partial charge in [-0.15, -0.1) is 10.2 Å². The first-order valence-corrected chi connectivity index (χ1v) is 6.54. The molecule has 0 spiro atoms. The minimum absolute atomic E-state index is 0.0532. The Balaban J connectivity index is 2.18. The maximum atomic E-state index is 12.4. The largest absolute Gasteiger partial charge is 0.368 e. The molecule has 0 radical (unpaired) electrons. The summed E-state index contributed by atoms with van der Waals surface area (Å²) in [5.41, 5.74) is 5.39. The normalized spacial score (nSPS) is 15.4. The highest BCUT2D eigenvalue weighted by molar-refractivity contribution is 6.29. The molecule has 7 heteroatoms. The monoisotopic (exact) mass is 282 g/mol. The quantitative estimate of drug-likeness (QED) is 0.892. The van der Waals surface area contributed by atoms with Gasteiger partial charge in [-0.1, -0.05) is 24.4 Å². The first kappa shape index (κ1) is 13.7. The molecule has 0 bridgehead atoms. The van der Waals surface area contributed by atoms with Crippen LogP contribution in [0.3, 0.4) is 0 Å². The first-order valence-electron chi connectivity index (χ1n) is 6.16. The van der Waals surface area contributed by atoms with Crippen molar-refractivity contribution in [2.45, 2.75) is 31.7 Å². The summed E-state index contributed by atoms with van der Waals surface area (Å²) in [7, 11) is 0. The fourth-order valence-corrected chi connectivity index (χ4v) is 2.43.